The van der Waals surface area contributed by atoms with E-state index in [2.05, 4.69) is 0 Å². The van der Waals surface area contributed by atoms with Gasteiger partial charge >= 0.3 is 0 Å². The number of methoxy groups -OCH3 is 3. The summed E-state index contributed by atoms with van der Waals surface area (Å²) < 4.78 is 15.8. The summed E-state index contributed by atoms with van der Waals surface area (Å²) in [5.74, 6) is 1.56. The third-order valence-corrected chi connectivity index (χ3v) is 3.17. The van der Waals surface area contributed by atoms with E-state index >= 15 is 0 Å². The quantitative estimate of drug-likeness (QED) is 0.603. The predicted octanol–water partition coefficient (Wildman–Crippen LogP) is 3.61. The van der Waals surface area contributed by atoms with Crippen LogP contribution in [-0.4, -0.2) is 27.1 Å². The molecule has 0 aromatic heterocycles. The molecule has 0 fully saturated rings. The van der Waals surface area contributed by atoms with Crippen molar-refractivity contribution in [2.75, 3.05) is 21.3 Å². The number of hydrogen-bond donors (Lipinski definition) is 0. The van der Waals surface area contributed by atoms with Crippen molar-refractivity contribution in [3.63, 3.8) is 0 Å². The summed E-state index contributed by atoms with van der Waals surface area (Å²) >= 11 is 0. The van der Waals surface area contributed by atoms with E-state index < -0.39 is 0 Å². The lowest BCUT2D eigenvalue weighted by molar-refractivity contribution is 0.104. The molecule has 0 unspecified atom stereocenters. The van der Waals surface area contributed by atoms with E-state index in [4.69, 9.17) is 14.2 Å². The maximum Gasteiger partial charge on any atom is 0.203 e. The third-order valence-electron chi connectivity index (χ3n) is 3.17. The molecule has 0 amide bonds. The summed E-state index contributed by atoms with van der Waals surface area (Å²) in [6, 6.07) is 12.7. The molecule has 2 aromatic rings. The average molecular weight is 298 g/mol. The van der Waals surface area contributed by atoms with Crippen molar-refractivity contribution in [2.24, 2.45) is 0 Å². The van der Waals surface area contributed by atoms with Crippen molar-refractivity contribution in [3.8, 4) is 17.2 Å². The highest BCUT2D eigenvalue weighted by Gasteiger charge is 2.12. The number of rotatable bonds is 6. The Morgan fingerprint density at radius 1 is 0.909 bits per heavy atom. The van der Waals surface area contributed by atoms with Gasteiger partial charge in [0.1, 0.15) is 0 Å². The van der Waals surface area contributed by atoms with Gasteiger partial charge in [-0.25, -0.2) is 0 Å². The molecule has 0 spiro atoms. The van der Waals surface area contributed by atoms with Gasteiger partial charge in [0, 0.05) is 5.56 Å². The zero-order valence-electron chi connectivity index (χ0n) is 12.8. The van der Waals surface area contributed by atoms with Crippen molar-refractivity contribution < 1.29 is 19.0 Å². The number of hydrogen-bond acceptors (Lipinski definition) is 4. The number of allylic oxidation sites excluding steroid dienone is 1. The normalized spacial score (nSPS) is 10.5. The minimum absolute atomic E-state index is 0.0608. The standard InChI is InChI=1S/C18H18O4/c1-20-16-11-13(12-17(21-2)18(16)22-3)9-10-15(19)14-7-5-4-6-8-14/h4-12H,1-3H3/b10-9+. The molecule has 0 saturated heterocycles. The molecule has 2 aromatic carbocycles. The molecule has 0 aliphatic rings. The molecule has 0 radical (unpaired) electrons. The molecule has 0 aliphatic carbocycles. The highest BCUT2D eigenvalue weighted by atomic mass is 16.5. The fourth-order valence-corrected chi connectivity index (χ4v) is 2.07. The van der Waals surface area contributed by atoms with Crippen molar-refractivity contribution in [1.29, 1.82) is 0 Å². The van der Waals surface area contributed by atoms with Crippen LogP contribution in [0.25, 0.3) is 6.08 Å². The molecule has 0 heterocycles. The summed E-state index contributed by atoms with van der Waals surface area (Å²) in [6.07, 6.45) is 3.25. The van der Waals surface area contributed by atoms with Crippen molar-refractivity contribution >= 4 is 11.9 Å². The zero-order chi connectivity index (χ0) is 15.9. The van der Waals surface area contributed by atoms with Gasteiger partial charge in [-0.1, -0.05) is 36.4 Å². The van der Waals surface area contributed by atoms with Gasteiger partial charge in [0.2, 0.25) is 5.75 Å². The summed E-state index contributed by atoms with van der Waals surface area (Å²) in [6.45, 7) is 0. The molecule has 2 rings (SSSR count). The number of carbonyl (C=O) groups excluding carboxylic acids is 1. The Hall–Kier alpha value is -2.75. The van der Waals surface area contributed by atoms with Gasteiger partial charge < -0.3 is 14.2 Å². The van der Waals surface area contributed by atoms with E-state index in [-0.39, 0.29) is 5.78 Å². The van der Waals surface area contributed by atoms with Crippen LogP contribution in [0.5, 0.6) is 17.2 Å². The van der Waals surface area contributed by atoms with E-state index in [1.165, 1.54) is 6.08 Å². The predicted molar refractivity (Wildman–Crippen MR) is 85.9 cm³/mol. The third kappa shape index (κ3) is 3.47. The van der Waals surface area contributed by atoms with Crippen molar-refractivity contribution in [1.82, 2.24) is 0 Å². The highest BCUT2D eigenvalue weighted by Crippen LogP contribution is 2.38. The second-order valence-corrected chi connectivity index (χ2v) is 4.52. The zero-order valence-corrected chi connectivity index (χ0v) is 12.8. The monoisotopic (exact) mass is 298 g/mol. The van der Waals surface area contributed by atoms with Gasteiger partial charge in [0.15, 0.2) is 17.3 Å². The minimum atomic E-state index is -0.0608. The lowest BCUT2D eigenvalue weighted by atomic mass is 10.1. The topological polar surface area (TPSA) is 44.8 Å². The first-order valence-corrected chi connectivity index (χ1v) is 6.77. The largest absolute Gasteiger partial charge is 0.493 e. The minimum Gasteiger partial charge on any atom is -0.493 e. The van der Waals surface area contributed by atoms with Crippen LogP contribution in [0.15, 0.2) is 48.5 Å². The van der Waals surface area contributed by atoms with E-state index in [0.29, 0.717) is 22.8 Å². The van der Waals surface area contributed by atoms with Crippen molar-refractivity contribution in [2.45, 2.75) is 0 Å². The number of ether oxygens (including phenoxy) is 3. The average Bonchev–Trinajstić information content (AvgIpc) is 2.59. The summed E-state index contributed by atoms with van der Waals surface area (Å²) in [5.41, 5.74) is 1.44. The van der Waals surface area contributed by atoms with Crippen LogP contribution in [0, 0.1) is 0 Å². The summed E-state index contributed by atoms with van der Waals surface area (Å²) in [4.78, 5) is 12.1. The lowest BCUT2D eigenvalue weighted by Crippen LogP contribution is -1.96. The van der Waals surface area contributed by atoms with Gasteiger partial charge in [0.05, 0.1) is 21.3 Å². The van der Waals surface area contributed by atoms with E-state index in [0.717, 1.165) is 5.56 Å². The first kappa shape index (κ1) is 15.6. The molecule has 0 N–H and O–H groups in total. The summed E-state index contributed by atoms with van der Waals surface area (Å²) in [5, 5.41) is 0. The molecular weight excluding hydrogens is 280 g/mol. The fraction of sp³-hybridized carbons (Fsp3) is 0.167. The summed E-state index contributed by atoms with van der Waals surface area (Å²) in [7, 11) is 4.66. The molecule has 114 valence electrons. The Morgan fingerprint density at radius 3 is 2.00 bits per heavy atom. The first-order valence-electron chi connectivity index (χ1n) is 6.77. The Kier molecular flexibility index (Phi) is 5.20. The second-order valence-electron chi connectivity index (χ2n) is 4.52. The van der Waals surface area contributed by atoms with Crippen LogP contribution < -0.4 is 14.2 Å². The number of carbonyl (C=O) groups is 1. The van der Waals surface area contributed by atoms with Gasteiger partial charge in [-0.2, -0.15) is 0 Å². The smallest absolute Gasteiger partial charge is 0.203 e. The van der Waals surface area contributed by atoms with Gasteiger partial charge in [-0.05, 0) is 23.8 Å². The van der Waals surface area contributed by atoms with Crippen LogP contribution in [0.2, 0.25) is 0 Å². The van der Waals surface area contributed by atoms with E-state index in [1.54, 1.807) is 51.7 Å². The van der Waals surface area contributed by atoms with Gasteiger partial charge in [-0.15, -0.1) is 0 Å². The van der Waals surface area contributed by atoms with Gasteiger partial charge in [0.25, 0.3) is 0 Å². The molecule has 4 nitrogen and oxygen atoms in total. The molecule has 22 heavy (non-hydrogen) atoms. The van der Waals surface area contributed by atoms with Gasteiger partial charge in [-0.3, -0.25) is 4.79 Å². The maximum atomic E-state index is 12.1. The number of ketones is 1. The van der Waals surface area contributed by atoms with E-state index in [1.807, 2.05) is 18.2 Å². The molecule has 0 bridgehead atoms. The van der Waals surface area contributed by atoms with Crippen LogP contribution >= 0.6 is 0 Å². The lowest BCUT2D eigenvalue weighted by Gasteiger charge is -2.12. The van der Waals surface area contributed by atoms with Crippen LogP contribution in [0.3, 0.4) is 0 Å². The second kappa shape index (κ2) is 7.31. The van der Waals surface area contributed by atoms with Crippen molar-refractivity contribution in [3.05, 3.63) is 59.7 Å². The highest BCUT2D eigenvalue weighted by molar-refractivity contribution is 6.06. The fourth-order valence-electron chi connectivity index (χ4n) is 2.07. The molecular formula is C18H18O4. The SMILES string of the molecule is COc1cc(/C=C/C(=O)c2ccccc2)cc(OC)c1OC. The van der Waals surface area contributed by atoms with E-state index in [9.17, 15) is 4.79 Å². The van der Waals surface area contributed by atoms with Crippen LogP contribution in [0.4, 0.5) is 0 Å². The van der Waals surface area contributed by atoms with Crippen LogP contribution in [-0.2, 0) is 0 Å². The first-order chi connectivity index (χ1) is 10.7. The molecule has 4 heteroatoms. The Bertz CT molecular complexity index is 650. The Balaban J connectivity index is 2.29. The Labute approximate surface area is 129 Å². The maximum absolute atomic E-state index is 12.1. The molecule has 0 aliphatic heterocycles. The number of benzene rings is 2. The van der Waals surface area contributed by atoms with Crippen LogP contribution in [0.1, 0.15) is 15.9 Å². The molecule has 0 saturated carbocycles. The Morgan fingerprint density at radius 2 is 1.50 bits per heavy atom. The molecule has 0 atom stereocenters.